The second-order valence-electron chi connectivity index (χ2n) is 6.77. The maximum absolute atomic E-state index is 13.8. The first kappa shape index (κ1) is 22.2. The van der Waals surface area contributed by atoms with Crippen LogP contribution in [-0.2, 0) is 9.53 Å². The minimum absolute atomic E-state index is 0.0652. The fourth-order valence-electron chi connectivity index (χ4n) is 3.10. The Kier molecular flexibility index (Phi) is 6.45. The molecule has 0 saturated heterocycles. The van der Waals surface area contributed by atoms with Gasteiger partial charge in [0.2, 0.25) is 0 Å². The molecular formula is C23H18FN3O5S. The van der Waals surface area contributed by atoms with E-state index in [9.17, 15) is 18.8 Å². The zero-order valence-electron chi connectivity index (χ0n) is 17.4. The van der Waals surface area contributed by atoms with E-state index in [1.54, 1.807) is 36.6 Å². The van der Waals surface area contributed by atoms with Crippen LogP contribution in [0, 0.1) is 5.82 Å². The molecule has 4 rings (SSSR count). The standard InChI is InChI=1S/C23H18FN3O5S/c1-2-31-23(30)20-17-13-33-21(25-18(28)12-32-16-9-4-3-5-10-16)19(17)22(29)27(26-20)15-8-6-7-14(24)11-15/h3-11,13H,2,12H2,1H3,(H,25,28). The lowest BCUT2D eigenvalue weighted by molar-refractivity contribution is -0.118. The number of carbonyl (C=O) groups is 2. The summed E-state index contributed by atoms with van der Waals surface area (Å²) in [6.45, 7) is 1.46. The molecule has 0 aliphatic carbocycles. The van der Waals surface area contributed by atoms with E-state index in [2.05, 4.69) is 10.4 Å². The number of ether oxygens (including phenoxy) is 2. The lowest BCUT2D eigenvalue weighted by Gasteiger charge is -2.10. The Morgan fingerprint density at radius 3 is 2.67 bits per heavy atom. The summed E-state index contributed by atoms with van der Waals surface area (Å²) in [5.74, 6) is -1.29. The average molecular weight is 467 g/mol. The number of halogens is 1. The number of para-hydroxylation sites is 1. The molecule has 0 radical (unpaired) electrons. The van der Waals surface area contributed by atoms with Gasteiger partial charge in [-0.1, -0.05) is 24.3 Å². The van der Waals surface area contributed by atoms with Crippen molar-refractivity contribution in [3.8, 4) is 11.4 Å². The molecule has 0 saturated carbocycles. The Balaban J connectivity index is 1.74. The van der Waals surface area contributed by atoms with Crippen LogP contribution in [-0.4, -0.2) is 34.9 Å². The Labute approximate surface area is 191 Å². The van der Waals surface area contributed by atoms with Gasteiger partial charge in [-0.25, -0.2) is 9.18 Å². The normalized spacial score (nSPS) is 10.7. The van der Waals surface area contributed by atoms with Gasteiger partial charge in [0, 0.05) is 10.8 Å². The average Bonchev–Trinajstić information content (AvgIpc) is 3.23. The summed E-state index contributed by atoms with van der Waals surface area (Å²) in [6.07, 6.45) is 0. The van der Waals surface area contributed by atoms with E-state index in [0.717, 1.165) is 22.1 Å². The van der Waals surface area contributed by atoms with Gasteiger partial charge in [0.05, 0.1) is 17.7 Å². The van der Waals surface area contributed by atoms with Crippen LogP contribution in [0.3, 0.4) is 0 Å². The number of nitrogens with zero attached hydrogens (tertiary/aromatic N) is 2. The molecule has 0 atom stereocenters. The number of thiophene rings is 1. The quantitative estimate of drug-likeness (QED) is 0.415. The highest BCUT2D eigenvalue weighted by molar-refractivity contribution is 7.16. The summed E-state index contributed by atoms with van der Waals surface area (Å²) in [5.41, 5.74) is -0.611. The summed E-state index contributed by atoms with van der Waals surface area (Å²) in [4.78, 5) is 38.3. The molecule has 0 bridgehead atoms. The van der Waals surface area contributed by atoms with Gasteiger partial charge in [-0.15, -0.1) is 11.3 Å². The van der Waals surface area contributed by atoms with Gasteiger partial charge < -0.3 is 14.8 Å². The fourth-order valence-corrected chi connectivity index (χ4v) is 4.06. The van der Waals surface area contributed by atoms with Crippen molar-refractivity contribution in [2.45, 2.75) is 6.92 Å². The lowest BCUT2D eigenvalue weighted by atomic mass is 10.2. The number of esters is 1. The summed E-state index contributed by atoms with van der Waals surface area (Å²) < 4.78 is 25.2. The molecule has 1 N–H and O–H groups in total. The molecule has 4 aromatic rings. The number of hydrogen-bond donors (Lipinski definition) is 1. The maximum Gasteiger partial charge on any atom is 0.359 e. The number of carbonyl (C=O) groups excluding carboxylic acids is 2. The Morgan fingerprint density at radius 1 is 1.15 bits per heavy atom. The number of nitrogens with one attached hydrogen (secondary N) is 1. The van der Waals surface area contributed by atoms with Crippen LogP contribution in [0.2, 0.25) is 0 Å². The van der Waals surface area contributed by atoms with Crippen molar-refractivity contribution in [3.05, 3.63) is 81.8 Å². The van der Waals surface area contributed by atoms with Crippen LogP contribution in [0.15, 0.2) is 64.8 Å². The molecule has 1 amide bonds. The molecule has 0 unspecified atom stereocenters. The first-order chi connectivity index (χ1) is 16.0. The van der Waals surface area contributed by atoms with E-state index >= 15 is 0 Å². The van der Waals surface area contributed by atoms with E-state index in [1.807, 2.05) is 6.07 Å². The fraction of sp³-hybridized carbons (Fsp3) is 0.130. The van der Waals surface area contributed by atoms with Crippen molar-refractivity contribution in [3.63, 3.8) is 0 Å². The summed E-state index contributed by atoms with van der Waals surface area (Å²) in [5, 5.41) is 8.84. The number of anilines is 1. The minimum atomic E-state index is -0.740. The van der Waals surface area contributed by atoms with Gasteiger partial charge >= 0.3 is 5.97 Å². The van der Waals surface area contributed by atoms with Crippen molar-refractivity contribution < 1.29 is 23.5 Å². The van der Waals surface area contributed by atoms with Gasteiger partial charge in [-0.3, -0.25) is 9.59 Å². The van der Waals surface area contributed by atoms with E-state index in [-0.39, 0.29) is 40.4 Å². The van der Waals surface area contributed by atoms with Crippen LogP contribution >= 0.6 is 11.3 Å². The molecule has 10 heteroatoms. The van der Waals surface area contributed by atoms with Crippen molar-refractivity contribution in [1.82, 2.24) is 9.78 Å². The predicted molar refractivity (Wildman–Crippen MR) is 122 cm³/mol. The molecule has 2 aromatic heterocycles. The molecule has 2 heterocycles. The zero-order chi connectivity index (χ0) is 23.4. The summed E-state index contributed by atoms with van der Waals surface area (Å²) in [6, 6.07) is 14.0. The second-order valence-corrected chi connectivity index (χ2v) is 7.65. The summed E-state index contributed by atoms with van der Waals surface area (Å²) in [7, 11) is 0. The van der Waals surface area contributed by atoms with Crippen LogP contribution < -0.4 is 15.6 Å². The Morgan fingerprint density at radius 2 is 1.94 bits per heavy atom. The molecule has 0 aliphatic heterocycles. The molecule has 0 fully saturated rings. The topological polar surface area (TPSA) is 99.5 Å². The SMILES string of the molecule is CCOC(=O)c1nn(-c2cccc(F)c2)c(=O)c2c(NC(=O)COc3ccccc3)scc12. The van der Waals surface area contributed by atoms with Gasteiger partial charge in [-0.2, -0.15) is 9.78 Å². The highest BCUT2D eigenvalue weighted by atomic mass is 32.1. The number of amides is 1. The molecule has 0 aliphatic rings. The minimum Gasteiger partial charge on any atom is -0.484 e. The smallest absolute Gasteiger partial charge is 0.359 e. The highest BCUT2D eigenvalue weighted by Crippen LogP contribution is 2.30. The highest BCUT2D eigenvalue weighted by Gasteiger charge is 2.23. The molecule has 33 heavy (non-hydrogen) atoms. The largest absolute Gasteiger partial charge is 0.484 e. The van der Waals surface area contributed by atoms with Gasteiger partial charge in [0.1, 0.15) is 16.6 Å². The van der Waals surface area contributed by atoms with Gasteiger partial charge in [0.15, 0.2) is 12.3 Å². The number of fused-ring (bicyclic) bond motifs is 1. The Hall–Kier alpha value is -4.05. The predicted octanol–water partition coefficient (Wildman–Crippen LogP) is 3.78. The lowest BCUT2D eigenvalue weighted by Crippen LogP contribution is -2.26. The maximum atomic E-state index is 13.8. The van der Waals surface area contributed by atoms with Crippen molar-refractivity contribution in [2.75, 3.05) is 18.5 Å². The monoisotopic (exact) mass is 467 g/mol. The second kappa shape index (κ2) is 9.61. The first-order valence-corrected chi connectivity index (χ1v) is 10.8. The number of benzene rings is 2. The Bertz CT molecular complexity index is 1380. The number of hydrogen-bond acceptors (Lipinski definition) is 7. The number of rotatable bonds is 7. The van der Waals surface area contributed by atoms with Crippen LogP contribution in [0.5, 0.6) is 5.75 Å². The third-order valence-electron chi connectivity index (χ3n) is 4.54. The first-order valence-electron chi connectivity index (χ1n) is 9.93. The van der Waals surface area contributed by atoms with Gasteiger partial charge in [-0.05, 0) is 37.3 Å². The number of aromatic nitrogens is 2. The van der Waals surface area contributed by atoms with E-state index in [4.69, 9.17) is 9.47 Å². The van der Waals surface area contributed by atoms with Crippen LogP contribution in [0.1, 0.15) is 17.4 Å². The zero-order valence-corrected chi connectivity index (χ0v) is 18.2. The van der Waals surface area contributed by atoms with Crippen molar-refractivity contribution in [2.24, 2.45) is 0 Å². The molecule has 2 aromatic carbocycles. The van der Waals surface area contributed by atoms with E-state index < -0.39 is 23.3 Å². The van der Waals surface area contributed by atoms with Crippen molar-refractivity contribution in [1.29, 1.82) is 0 Å². The molecule has 0 spiro atoms. The summed E-state index contributed by atoms with van der Waals surface area (Å²) >= 11 is 1.06. The van der Waals surface area contributed by atoms with E-state index in [0.29, 0.717) is 5.75 Å². The third-order valence-corrected chi connectivity index (χ3v) is 5.44. The third kappa shape index (κ3) is 4.75. The van der Waals surface area contributed by atoms with Gasteiger partial charge in [0.25, 0.3) is 11.5 Å². The molecular weight excluding hydrogens is 449 g/mol. The van der Waals surface area contributed by atoms with Crippen LogP contribution in [0.4, 0.5) is 9.39 Å². The van der Waals surface area contributed by atoms with E-state index in [1.165, 1.54) is 18.2 Å². The molecule has 8 nitrogen and oxygen atoms in total. The van der Waals surface area contributed by atoms with Crippen molar-refractivity contribution >= 4 is 39.0 Å². The van der Waals surface area contributed by atoms with Crippen LogP contribution in [0.25, 0.3) is 16.5 Å². The molecule has 168 valence electrons.